The van der Waals surface area contributed by atoms with E-state index in [1.54, 1.807) is 11.4 Å². The number of nitrogens with one attached hydrogen (secondary N) is 1. The highest BCUT2D eigenvalue weighted by atomic mass is 35.5. The summed E-state index contributed by atoms with van der Waals surface area (Å²) in [4.78, 5) is 11.0. The summed E-state index contributed by atoms with van der Waals surface area (Å²) in [6.07, 6.45) is -4.06. The Hall–Kier alpha value is -1.30. The van der Waals surface area contributed by atoms with E-state index in [4.69, 9.17) is 11.6 Å². The Morgan fingerprint density at radius 3 is 2.47 bits per heavy atom. The maximum Gasteiger partial charge on any atom is 0.383 e. The third kappa shape index (κ3) is 2.88. The predicted octanol–water partition coefficient (Wildman–Crippen LogP) is 3.49. The van der Waals surface area contributed by atoms with E-state index in [0.29, 0.717) is 5.56 Å². The summed E-state index contributed by atoms with van der Waals surface area (Å²) in [5.74, 6) is -6.82. The zero-order chi connectivity index (χ0) is 13.2. The molecule has 0 saturated heterocycles. The summed E-state index contributed by atoms with van der Waals surface area (Å²) in [5, 5.41) is 1.70. The Morgan fingerprint density at radius 1 is 1.41 bits per heavy atom. The highest BCUT2D eigenvalue weighted by Gasteiger charge is 2.49. The van der Waals surface area contributed by atoms with Gasteiger partial charge in [0.25, 0.3) is 0 Å². The van der Waals surface area contributed by atoms with Gasteiger partial charge in [-0.3, -0.25) is 4.79 Å². The van der Waals surface area contributed by atoms with Gasteiger partial charge in [0.15, 0.2) is 0 Å². The Balaban J connectivity index is 2.96. The van der Waals surface area contributed by atoms with Gasteiger partial charge in [-0.15, -0.1) is 0 Å². The lowest BCUT2D eigenvalue weighted by Gasteiger charge is -2.16. The molecule has 0 aromatic heterocycles. The molecule has 0 aliphatic carbocycles. The molecule has 0 aliphatic rings. The summed E-state index contributed by atoms with van der Waals surface area (Å²) >= 11 is 5.66. The second kappa shape index (κ2) is 4.91. The van der Waals surface area contributed by atoms with Gasteiger partial charge < -0.3 is 5.32 Å². The summed E-state index contributed by atoms with van der Waals surface area (Å²) in [6, 6.07) is 4.39. The molecular weight excluding hydrogens is 262 g/mol. The monoisotopic (exact) mass is 269 g/mol. The van der Waals surface area contributed by atoms with Crippen LogP contribution in [0.5, 0.6) is 0 Å². The molecule has 0 heterocycles. The standard InChI is InChI=1S/C10H8ClF4NO/c1-5-3-2-4-6(11)7(5)16-9(17)10(14,15)8(12)13/h2-4,8H,1H3,(H,16,17). The van der Waals surface area contributed by atoms with Crippen molar-refractivity contribution in [1.82, 2.24) is 0 Å². The van der Waals surface area contributed by atoms with E-state index in [2.05, 4.69) is 0 Å². The van der Waals surface area contributed by atoms with Crippen molar-refractivity contribution in [2.45, 2.75) is 19.3 Å². The first kappa shape index (κ1) is 13.8. The molecule has 1 amide bonds. The Morgan fingerprint density at radius 2 is 2.00 bits per heavy atom. The number of carbonyl (C=O) groups is 1. The van der Waals surface area contributed by atoms with E-state index in [9.17, 15) is 22.4 Å². The number of halogens is 5. The van der Waals surface area contributed by atoms with E-state index in [1.165, 1.54) is 19.1 Å². The highest BCUT2D eigenvalue weighted by molar-refractivity contribution is 6.34. The first-order valence-corrected chi connectivity index (χ1v) is 4.87. The zero-order valence-electron chi connectivity index (χ0n) is 8.61. The van der Waals surface area contributed by atoms with Gasteiger partial charge in [0.05, 0.1) is 10.7 Å². The van der Waals surface area contributed by atoms with Crippen LogP contribution in [0.25, 0.3) is 0 Å². The third-order valence-electron chi connectivity index (χ3n) is 2.04. The smallest absolute Gasteiger partial charge is 0.319 e. The van der Waals surface area contributed by atoms with Crippen LogP contribution in [0.15, 0.2) is 18.2 Å². The molecule has 0 unspecified atom stereocenters. The van der Waals surface area contributed by atoms with Gasteiger partial charge in [-0.2, -0.15) is 8.78 Å². The fraction of sp³-hybridized carbons (Fsp3) is 0.300. The Bertz CT molecular complexity index is 416. The molecular formula is C10H8ClF4NO. The normalized spacial score (nSPS) is 11.7. The molecule has 17 heavy (non-hydrogen) atoms. The average molecular weight is 270 g/mol. The van der Waals surface area contributed by atoms with E-state index < -0.39 is 18.3 Å². The average Bonchev–Trinajstić information content (AvgIpc) is 2.23. The quantitative estimate of drug-likeness (QED) is 0.836. The molecule has 94 valence electrons. The molecule has 1 rings (SSSR count). The minimum atomic E-state index is -4.74. The van der Waals surface area contributed by atoms with Gasteiger partial charge in [0.2, 0.25) is 0 Å². The van der Waals surface area contributed by atoms with E-state index in [0.717, 1.165) is 0 Å². The number of aryl methyl sites for hydroxylation is 1. The molecule has 0 aliphatic heterocycles. The van der Waals surface area contributed by atoms with Crippen LogP contribution in [0.4, 0.5) is 23.2 Å². The number of benzene rings is 1. The van der Waals surface area contributed by atoms with Crippen LogP contribution in [0, 0.1) is 6.92 Å². The number of hydrogen-bond acceptors (Lipinski definition) is 1. The van der Waals surface area contributed by atoms with Crippen molar-refractivity contribution in [3.05, 3.63) is 28.8 Å². The first-order chi connectivity index (χ1) is 7.76. The van der Waals surface area contributed by atoms with Gasteiger partial charge >= 0.3 is 18.3 Å². The van der Waals surface area contributed by atoms with Crippen LogP contribution >= 0.6 is 11.6 Å². The molecule has 0 bridgehead atoms. The van der Waals surface area contributed by atoms with Crippen LogP contribution < -0.4 is 5.32 Å². The van der Waals surface area contributed by atoms with Crippen LogP contribution in [-0.4, -0.2) is 18.3 Å². The number of rotatable bonds is 3. The molecule has 0 atom stereocenters. The topological polar surface area (TPSA) is 29.1 Å². The Kier molecular flexibility index (Phi) is 3.98. The fourth-order valence-corrected chi connectivity index (χ4v) is 1.36. The number of alkyl halides is 4. The van der Waals surface area contributed by atoms with Crippen molar-refractivity contribution in [2.24, 2.45) is 0 Å². The number of para-hydroxylation sites is 1. The minimum absolute atomic E-state index is 0.00316. The molecule has 7 heteroatoms. The van der Waals surface area contributed by atoms with Gasteiger partial charge in [0, 0.05) is 0 Å². The van der Waals surface area contributed by atoms with E-state index in [1.807, 2.05) is 0 Å². The first-order valence-electron chi connectivity index (χ1n) is 4.49. The van der Waals surface area contributed by atoms with Gasteiger partial charge in [-0.1, -0.05) is 23.7 Å². The van der Waals surface area contributed by atoms with Crippen molar-refractivity contribution in [2.75, 3.05) is 5.32 Å². The molecule has 0 radical (unpaired) electrons. The Labute approximate surface area is 99.6 Å². The largest absolute Gasteiger partial charge is 0.383 e. The van der Waals surface area contributed by atoms with Crippen LogP contribution in [-0.2, 0) is 4.79 Å². The van der Waals surface area contributed by atoms with Crippen molar-refractivity contribution >= 4 is 23.2 Å². The van der Waals surface area contributed by atoms with Gasteiger partial charge in [-0.25, -0.2) is 8.78 Å². The van der Waals surface area contributed by atoms with Crippen LogP contribution in [0.2, 0.25) is 5.02 Å². The number of carbonyl (C=O) groups excluding carboxylic acids is 1. The molecule has 1 aromatic rings. The second-order valence-corrected chi connectivity index (χ2v) is 3.72. The fourth-order valence-electron chi connectivity index (χ4n) is 1.09. The maximum absolute atomic E-state index is 12.7. The lowest BCUT2D eigenvalue weighted by Crippen LogP contribution is -2.41. The van der Waals surface area contributed by atoms with Crippen LogP contribution in [0.1, 0.15) is 5.56 Å². The molecule has 1 aromatic carbocycles. The SMILES string of the molecule is Cc1cccc(Cl)c1NC(=O)C(F)(F)C(F)F. The number of amides is 1. The summed E-state index contributed by atoms with van der Waals surface area (Å²) in [7, 11) is 0. The molecule has 0 spiro atoms. The maximum atomic E-state index is 12.7. The second-order valence-electron chi connectivity index (χ2n) is 3.31. The molecule has 2 nitrogen and oxygen atoms in total. The van der Waals surface area contributed by atoms with Crippen molar-refractivity contribution in [1.29, 1.82) is 0 Å². The highest BCUT2D eigenvalue weighted by Crippen LogP contribution is 2.29. The minimum Gasteiger partial charge on any atom is -0.319 e. The third-order valence-corrected chi connectivity index (χ3v) is 2.35. The lowest BCUT2D eigenvalue weighted by molar-refractivity contribution is -0.163. The predicted molar refractivity (Wildman–Crippen MR) is 55.8 cm³/mol. The van der Waals surface area contributed by atoms with E-state index in [-0.39, 0.29) is 10.7 Å². The van der Waals surface area contributed by atoms with Gasteiger partial charge in [0.1, 0.15) is 0 Å². The summed E-state index contributed by atoms with van der Waals surface area (Å²) in [6.45, 7) is 1.50. The summed E-state index contributed by atoms with van der Waals surface area (Å²) in [5.41, 5.74) is 0.301. The lowest BCUT2D eigenvalue weighted by atomic mass is 10.2. The summed E-state index contributed by atoms with van der Waals surface area (Å²) < 4.78 is 49.2. The number of hydrogen-bond donors (Lipinski definition) is 1. The molecule has 0 saturated carbocycles. The number of anilines is 1. The van der Waals surface area contributed by atoms with Gasteiger partial charge in [-0.05, 0) is 18.6 Å². The van der Waals surface area contributed by atoms with E-state index >= 15 is 0 Å². The van der Waals surface area contributed by atoms with Crippen LogP contribution in [0.3, 0.4) is 0 Å². The van der Waals surface area contributed by atoms with Crippen molar-refractivity contribution < 1.29 is 22.4 Å². The van der Waals surface area contributed by atoms with Crippen molar-refractivity contribution in [3.63, 3.8) is 0 Å². The molecule has 1 N–H and O–H groups in total. The zero-order valence-corrected chi connectivity index (χ0v) is 9.36. The molecule has 0 fully saturated rings. The van der Waals surface area contributed by atoms with Crippen molar-refractivity contribution in [3.8, 4) is 0 Å².